The Morgan fingerprint density at radius 2 is 1.56 bits per heavy atom. The van der Waals surface area contributed by atoms with Gasteiger partial charge in [0.15, 0.2) is 0 Å². The normalized spacial score (nSPS) is 23.6. The van der Waals surface area contributed by atoms with Gasteiger partial charge in [-0.15, -0.1) is 0 Å². The van der Waals surface area contributed by atoms with Crippen molar-refractivity contribution in [2.45, 2.75) is 43.9 Å². The number of nitrogens with two attached hydrogens (primary N) is 1. The van der Waals surface area contributed by atoms with Crippen LogP contribution in [0, 0.1) is 0 Å². The van der Waals surface area contributed by atoms with Crippen LogP contribution in [-0.4, -0.2) is 24.5 Å². The average molecular weight is 244 g/mol. The minimum atomic E-state index is 0.456. The smallest absolute Gasteiger partial charge is 0.0314 e. The molecule has 0 amide bonds. The number of likely N-dealkylation sites (tertiary alicyclic amines) is 1. The van der Waals surface area contributed by atoms with E-state index < -0.39 is 0 Å². The molecule has 0 unspecified atom stereocenters. The van der Waals surface area contributed by atoms with Gasteiger partial charge >= 0.3 is 0 Å². The molecule has 98 valence electrons. The summed E-state index contributed by atoms with van der Waals surface area (Å²) in [6.45, 7) is 3.87. The second kappa shape index (κ2) is 4.93. The third-order valence-electron chi connectivity index (χ3n) is 4.60. The topological polar surface area (TPSA) is 29.3 Å². The van der Waals surface area contributed by atoms with E-state index in [1.54, 1.807) is 0 Å². The molecule has 0 aromatic heterocycles. The summed E-state index contributed by atoms with van der Waals surface area (Å²) in [5.74, 6) is 0. The number of benzene rings is 1. The minimum absolute atomic E-state index is 0.456. The van der Waals surface area contributed by atoms with Crippen LogP contribution in [0.3, 0.4) is 0 Å². The number of rotatable bonds is 3. The molecule has 2 N–H and O–H groups in total. The van der Waals surface area contributed by atoms with Crippen LogP contribution < -0.4 is 5.73 Å². The zero-order valence-electron chi connectivity index (χ0n) is 11.2. The molecule has 3 rings (SSSR count). The fraction of sp³-hybridized carbons (Fsp3) is 0.625. The van der Waals surface area contributed by atoms with Gasteiger partial charge in [-0.2, -0.15) is 0 Å². The van der Waals surface area contributed by atoms with E-state index in [2.05, 4.69) is 29.2 Å². The third-order valence-corrected chi connectivity index (χ3v) is 4.60. The van der Waals surface area contributed by atoms with E-state index in [9.17, 15) is 0 Å². The lowest BCUT2D eigenvalue weighted by Crippen LogP contribution is -2.33. The number of hydrogen-bond acceptors (Lipinski definition) is 2. The van der Waals surface area contributed by atoms with E-state index in [4.69, 9.17) is 5.73 Å². The number of nitrogens with zero attached hydrogens (tertiary/aromatic N) is 1. The van der Waals surface area contributed by atoms with Gasteiger partial charge < -0.3 is 10.6 Å². The van der Waals surface area contributed by atoms with Crippen molar-refractivity contribution in [3.8, 4) is 0 Å². The molecule has 0 radical (unpaired) electrons. The molecule has 2 nitrogen and oxygen atoms in total. The van der Waals surface area contributed by atoms with Gasteiger partial charge in [0, 0.05) is 17.6 Å². The second-order valence-corrected chi connectivity index (χ2v) is 6.09. The predicted octanol–water partition coefficient (Wildman–Crippen LogP) is 3.18. The first-order valence-electron chi connectivity index (χ1n) is 7.37. The van der Waals surface area contributed by atoms with Gasteiger partial charge in [0.2, 0.25) is 0 Å². The molecule has 1 aromatic rings. The van der Waals surface area contributed by atoms with Crippen molar-refractivity contribution < 1.29 is 0 Å². The molecule has 1 saturated heterocycles. The van der Waals surface area contributed by atoms with Crippen molar-refractivity contribution in [1.29, 1.82) is 0 Å². The lowest BCUT2D eigenvalue weighted by Gasteiger charge is -2.26. The highest BCUT2D eigenvalue weighted by atomic mass is 15.1. The van der Waals surface area contributed by atoms with Gasteiger partial charge in [0.25, 0.3) is 0 Å². The molecular weight excluding hydrogens is 220 g/mol. The molecule has 2 aliphatic rings. The van der Waals surface area contributed by atoms with Gasteiger partial charge in [-0.1, -0.05) is 25.0 Å². The Hall–Kier alpha value is -1.02. The maximum atomic E-state index is 5.78. The standard InChI is InChI=1S/C16H24N2/c17-15-7-5-14(6-8-15)16(9-10-16)13-18-11-3-1-2-4-12-18/h5-8H,1-4,9-13,17H2. The summed E-state index contributed by atoms with van der Waals surface area (Å²) in [6.07, 6.45) is 8.33. The molecule has 2 heteroatoms. The van der Waals surface area contributed by atoms with Crippen LogP contribution in [0.25, 0.3) is 0 Å². The molecule has 1 saturated carbocycles. The molecular formula is C16H24N2. The van der Waals surface area contributed by atoms with E-state index in [1.165, 1.54) is 63.7 Å². The van der Waals surface area contributed by atoms with Gasteiger partial charge in [-0.25, -0.2) is 0 Å². The first kappa shape index (κ1) is 12.0. The monoisotopic (exact) mass is 244 g/mol. The SMILES string of the molecule is Nc1ccc(C2(CN3CCCCCC3)CC2)cc1. The molecule has 0 bridgehead atoms. The molecule has 0 spiro atoms. The lowest BCUT2D eigenvalue weighted by atomic mass is 9.95. The van der Waals surface area contributed by atoms with Crippen molar-refractivity contribution in [1.82, 2.24) is 4.90 Å². The van der Waals surface area contributed by atoms with Gasteiger partial charge in [-0.05, 0) is 56.5 Å². The van der Waals surface area contributed by atoms with Crippen molar-refractivity contribution in [2.24, 2.45) is 0 Å². The highest BCUT2D eigenvalue weighted by molar-refractivity contribution is 5.43. The zero-order valence-corrected chi connectivity index (χ0v) is 11.2. The molecule has 2 fully saturated rings. The first-order chi connectivity index (χ1) is 8.78. The highest BCUT2D eigenvalue weighted by Crippen LogP contribution is 2.49. The van der Waals surface area contributed by atoms with Crippen LogP contribution in [0.4, 0.5) is 5.69 Å². The Balaban J connectivity index is 1.69. The summed E-state index contributed by atoms with van der Waals surface area (Å²) in [6, 6.07) is 8.58. The Labute approximate surface area is 110 Å². The fourth-order valence-corrected chi connectivity index (χ4v) is 3.25. The maximum absolute atomic E-state index is 5.78. The summed E-state index contributed by atoms with van der Waals surface area (Å²) in [5, 5.41) is 0. The van der Waals surface area contributed by atoms with E-state index >= 15 is 0 Å². The van der Waals surface area contributed by atoms with E-state index in [0.717, 1.165) is 5.69 Å². The summed E-state index contributed by atoms with van der Waals surface area (Å²) >= 11 is 0. The molecule has 0 atom stereocenters. The van der Waals surface area contributed by atoms with Crippen LogP contribution >= 0.6 is 0 Å². The van der Waals surface area contributed by atoms with Crippen molar-refractivity contribution >= 4 is 5.69 Å². The van der Waals surface area contributed by atoms with Crippen molar-refractivity contribution in [3.63, 3.8) is 0 Å². The highest BCUT2D eigenvalue weighted by Gasteiger charge is 2.45. The third kappa shape index (κ3) is 2.54. The summed E-state index contributed by atoms with van der Waals surface area (Å²) < 4.78 is 0. The number of nitrogen functional groups attached to an aromatic ring is 1. The van der Waals surface area contributed by atoms with Gasteiger partial charge in [-0.3, -0.25) is 0 Å². The summed E-state index contributed by atoms with van der Waals surface area (Å²) in [4.78, 5) is 2.69. The zero-order chi connectivity index (χ0) is 12.4. The Morgan fingerprint density at radius 1 is 0.944 bits per heavy atom. The van der Waals surface area contributed by atoms with Crippen LogP contribution in [-0.2, 0) is 5.41 Å². The van der Waals surface area contributed by atoms with Gasteiger partial charge in [0.1, 0.15) is 0 Å². The number of hydrogen-bond donors (Lipinski definition) is 1. The van der Waals surface area contributed by atoms with Crippen molar-refractivity contribution in [3.05, 3.63) is 29.8 Å². The summed E-state index contributed by atoms with van der Waals surface area (Å²) in [7, 11) is 0. The fourth-order valence-electron chi connectivity index (χ4n) is 3.25. The Bertz CT molecular complexity index is 384. The van der Waals surface area contributed by atoms with E-state index in [-0.39, 0.29) is 0 Å². The lowest BCUT2D eigenvalue weighted by molar-refractivity contribution is 0.259. The van der Waals surface area contributed by atoms with Crippen LogP contribution in [0.15, 0.2) is 24.3 Å². The Morgan fingerprint density at radius 3 is 2.11 bits per heavy atom. The molecule has 18 heavy (non-hydrogen) atoms. The van der Waals surface area contributed by atoms with Crippen LogP contribution in [0.1, 0.15) is 44.1 Å². The van der Waals surface area contributed by atoms with Crippen LogP contribution in [0.5, 0.6) is 0 Å². The molecule has 1 aliphatic carbocycles. The molecule has 1 aliphatic heterocycles. The van der Waals surface area contributed by atoms with Crippen molar-refractivity contribution in [2.75, 3.05) is 25.4 Å². The number of anilines is 1. The first-order valence-corrected chi connectivity index (χ1v) is 7.37. The Kier molecular flexibility index (Phi) is 3.29. The average Bonchev–Trinajstić information content (AvgIpc) is 3.17. The minimum Gasteiger partial charge on any atom is -0.399 e. The predicted molar refractivity (Wildman–Crippen MR) is 76.7 cm³/mol. The maximum Gasteiger partial charge on any atom is 0.0314 e. The van der Waals surface area contributed by atoms with E-state index in [0.29, 0.717) is 5.41 Å². The van der Waals surface area contributed by atoms with Crippen LogP contribution in [0.2, 0.25) is 0 Å². The quantitative estimate of drug-likeness (QED) is 0.827. The largest absolute Gasteiger partial charge is 0.399 e. The molecule has 1 heterocycles. The second-order valence-electron chi connectivity index (χ2n) is 6.09. The molecule has 1 aromatic carbocycles. The summed E-state index contributed by atoms with van der Waals surface area (Å²) in [5.41, 5.74) is 8.62. The van der Waals surface area contributed by atoms with E-state index in [1.807, 2.05) is 0 Å². The van der Waals surface area contributed by atoms with Gasteiger partial charge in [0.05, 0.1) is 0 Å².